The van der Waals surface area contributed by atoms with Crippen LogP contribution in [-0.4, -0.2) is 30.8 Å². The second kappa shape index (κ2) is 5.57. The number of nitrogens with zero attached hydrogens (tertiary/aromatic N) is 4. The van der Waals surface area contributed by atoms with Gasteiger partial charge in [-0.2, -0.15) is 0 Å². The molecule has 0 unspecified atom stereocenters. The molecule has 0 saturated heterocycles. The zero-order valence-corrected chi connectivity index (χ0v) is 11.3. The summed E-state index contributed by atoms with van der Waals surface area (Å²) < 4.78 is 7.01. The first-order valence-corrected chi connectivity index (χ1v) is 5.89. The third kappa shape index (κ3) is 2.96. The Bertz CT molecular complexity index is 710. The molecular formula is C12H12N4O5. The van der Waals surface area contributed by atoms with E-state index in [0.717, 1.165) is 18.2 Å². The monoisotopic (exact) mass is 292 g/mol. The summed E-state index contributed by atoms with van der Waals surface area (Å²) in [6.07, 6.45) is 0. The molecule has 0 aliphatic rings. The average molecular weight is 292 g/mol. The van der Waals surface area contributed by atoms with Gasteiger partial charge in [0.15, 0.2) is 11.6 Å². The topological polar surface area (TPSA) is 120 Å². The van der Waals surface area contributed by atoms with E-state index in [1.807, 2.05) is 0 Å². The SMILES string of the molecule is Cc1nnc(COc2cc(C(=O)O)ccc2[N+](=O)[O-])n1C. The Morgan fingerprint density at radius 1 is 1.48 bits per heavy atom. The van der Waals surface area contributed by atoms with Gasteiger partial charge in [0.1, 0.15) is 12.4 Å². The van der Waals surface area contributed by atoms with Crippen LogP contribution in [0.15, 0.2) is 18.2 Å². The lowest BCUT2D eigenvalue weighted by Gasteiger charge is -2.07. The van der Waals surface area contributed by atoms with Gasteiger partial charge in [-0.1, -0.05) is 0 Å². The number of carboxylic acids is 1. The van der Waals surface area contributed by atoms with Gasteiger partial charge >= 0.3 is 11.7 Å². The van der Waals surface area contributed by atoms with Crippen LogP contribution in [0.2, 0.25) is 0 Å². The molecule has 0 saturated carbocycles. The fourth-order valence-electron chi connectivity index (χ4n) is 1.63. The maximum absolute atomic E-state index is 10.9. The second-order valence-corrected chi connectivity index (χ2v) is 4.26. The van der Waals surface area contributed by atoms with Crippen molar-refractivity contribution in [3.05, 3.63) is 45.5 Å². The van der Waals surface area contributed by atoms with Gasteiger partial charge in [0.05, 0.1) is 10.5 Å². The molecule has 21 heavy (non-hydrogen) atoms. The van der Waals surface area contributed by atoms with Crippen LogP contribution >= 0.6 is 0 Å². The minimum Gasteiger partial charge on any atom is -0.479 e. The maximum Gasteiger partial charge on any atom is 0.335 e. The summed E-state index contributed by atoms with van der Waals surface area (Å²) in [6, 6.07) is 3.37. The Labute approximate surface area is 118 Å². The van der Waals surface area contributed by atoms with E-state index < -0.39 is 10.9 Å². The van der Waals surface area contributed by atoms with Gasteiger partial charge in [0, 0.05) is 19.2 Å². The van der Waals surface area contributed by atoms with Crippen molar-refractivity contribution in [3.8, 4) is 5.75 Å². The van der Waals surface area contributed by atoms with Crippen molar-refractivity contribution in [2.75, 3.05) is 0 Å². The molecule has 1 aromatic heterocycles. The summed E-state index contributed by atoms with van der Waals surface area (Å²) >= 11 is 0. The number of aromatic carboxylic acids is 1. The van der Waals surface area contributed by atoms with Crippen LogP contribution in [0.3, 0.4) is 0 Å². The van der Waals surface area contributed by atoms with Crippen LogP contribution in [0.4, 0.5) is 5.69 Å². The lowest BCUT2D eigenvalue weighted by molar-refractivity contribution is -0.386. The quantitative estimate of drug-likeness (QED) is 0.651. The minimum absolute atomic E-state index is 0.0543. The van der Waals surface area contributed by atoms with Crippen LogP contribution in [0, 0.1) is 17.0 Å². The Hall–Kier alpha value is -2.97. The summed E-state index contributed by atoms with van der Waals surface area (Å²) in [4.78, 5) is 21.2. The van der Waals surface area contributed by atoms with Crippen molar-refractivity contribution in [3.63, 3.8) is 0 Å². The molecule has 0 atom stereocenters. The number of aryl methyl sites for hydroxylation is 1. The molecule has 1 heterocycles. The molecular weight excluding hydrogens is 280 g/mol. The molecule has 2 rings (SSSR count). The van der Waals surface area contributed by atoms with Crippen molar-refractivity contribution in [2.45, 2.75) is 13.5 Å². The van der Waals surface area contributed by atoms with E-state index in [1.54, 1.807) is 18.5 Å². The number of hydrogen-bond acceptors (Lipinski definition) is 6. The van der Waals surface area contributed by atoms with E-state index in [0.29, 0.717) is 11.6 Å². The first-order valence-electron chi connectivity index (χ1n) is 5.89. The number of nitro benzene ring substituents is 1. The van der Waals surface area contributed by atoms with Crippen LogP contribution < -0.4 is 4.74 Å². The normalized spacial score (nSPS) is 10.4. The Kier molecular flexibility index (Phi) is 3.83. The smallest absolute Gasteiger partial charge is 0.335 e. The predicted octanol–water partition coefficient (Wildman–Crippen LogP) is 1.31. The minimum atomic E-state index is -1.19. The molecule has 110 valence electrons. The fraction of sp³-hybridized carbons (Fsp3) is 0.250. The molecule has 0 aliphatic heterocycles. The molecule has 2 aromatic rings. The fourth-order valence-corrected chi connectivity index (χ4v) is 1.63. The van der Waals surface area contributed by atoms with Gasteiger partial charge in [-0.05, 0) is 13.0 Å². The summed E-state index contributed by atoms with van der Waals surface area (Å²) in [5, 5.41) is 27.6. The largest absolute Gasteiger partial charge is 0.479 e. The van der Waals surface area contributed by atoms with Crippen molar-refractivity contribution in [2.24, 2.45) is 7.05 Å². The van der Waals surface area contributed by atoms with Crippen molar-refractivity contribution >= 4 is 11.7 Å². The third-order valence-corrected chi connectivity index (χ3v) is 2.94. The molecule has 9 nitrogen and oxygen atoms in total. The molecule has 0 bridgehead atoms. The Balaban J connectivity index is 2.28. The van der Waals surface area contributed by atoms with Crippen LogP contribution in [-0.2, 0) is 13.7 Å². The molecule has 1 N–H and O–H groups in total. The number of carboxylic acid groups (broad SMARTS) is 1. The van der Waals surface area contributed by atoms with Gasteiger partial charge in [0.25, 0.3) is 0 Å². The number of aromatic nitrogens is 3. The van der Waals surface area contributed by atoms with Gasteiger partial charge in [-0.25, -0.2) is 4.79 Å². The van der Waals surface area contributed by atoms with Crippen molar-refractivity contribution < 1.29 is 19.6 Å². The van der Waals surface area contributed by atoms with E-state index in [4.69, 9.17) is 9.84 Å². The molecule has 0 fully saturated rings. The van der Waals surface area contributed by atoms with Crippen molar-refractivity contribution in [1.29, 1.82) is 0 Å². The number of hydrogen-bond donors (Lipinski definition) is 1. The summed E-state index contributed by atoms with van der Waals surface area (Å²) in [7, 11) is 1.73. The average Bonchev–Trinajstić information content (AvgIpc) is 2.76. The van der Waals surface area contributed by atoms with Crippen LogP contribution in [0.5, 0.6) is 5.75 Å². The third-order valence-electron chi connectivity index (χ3n) is 2.94. The van der Waals surface area contributed by atoms with Gasteiger partial charge in [0.2, 0.25) is 0 Å². The molecule has 1 aromatic carbocycles. The van der Waals surface area contributed by atoms with E-state index in [2.05, 4.69) is 10.2 Å². The standard InChI is InChI=1S/C12H12N4O5/c1-7-13-14-11(15(7)2)6-21-10-5-8(12(17)18)3-4-9(10)16(19)20/h3-5H,6H2,1-2H3,(H,17,18). The highest BCUT2D eigenvalue weighted by atomic mass is 16.6. The highest BCUT2D eigenvalue weighted by Gasteiger charge is 2.18. The zero-order valence-electron chi connectivity index (χ0n) is 11.3. The van der Waals surface area contributed by atoms with Gasteiger partial charge in [-0.15, -0.1) is 10.2 Å². The molecule has 0 amide bonds. The highest BCUT2D eigenvalue weighted by molar-refractivity contribution is 5.88. The number of benzene rings is 1. The summed E-state index contributed by atoms with van der Waals surface area (Å²) in [5.74, 6) is -0.172. The first kappa shape index (κ1) is 14.4. The van der Waals surface area contributed by atoms with E-state index >= 15 is 0 Å². The number of carbonyl (C=O) groups is 1. The van der Waals surface area contributed by atoms with E-state index in [1.165, 1.54) is 0 Å². The Morgan fingerprint density at radius 3 is 2.71 bits per heavy atom. The lowest BCUT2D eigenvalue weighted by Crippen LogP contribution is -2.06. The van der Waals surface area contributed by atoms with Crippen molar-refractivity contribution in [1.82, 2.24) is 14.8 Å². The molecule has 0 spiro atoms. The van der Waals surface area contributed by atoms with E-state index in [-0.39, 0.29) is 23.6 Å². The molecule has 9 heteroatoms. The summed E-state index contributed by atoms with van der Waals surface area (Å²) in [6.45, 7) is 1.70. The van der Waals surface area contributed by atoms with E-state index in [9.17, 15) is 14.9 Å². The number of rotatable bonds is 5. The zero-order chi connectivity index (χ0) is 15.6. The van der Waals surface area contributed by atoms with Gasteiger partial charge in [-0.3, -0.25) is 10.1 Å². The lowest BCUT2D eigenvalue weighted by atomic mass is 10.2. The second-order valence-electron chi connectivity index (χ2n) is 4.26. The van der Waals surface area contributed by atoms with Gasteiger partial charge < -0.3 is 14.4 Å². The molecule has 0 radical (unpaired) electrons. The van der Waals surface area contributed by atoms with Crippen LogP contribution in [0.1, 0.15) is 22.0 Å². The van der Waals surface area contributed by atoms with Crippen LogP contribution in [0.25, 0.3) is 0 Å². The maximum atomic E-state index is 10.9. The molecule has 0 aliphatic carbocycles. The number of nitro groups is 1. The first-order chi connectivity index (χ1) is 9.90. The highest BCUT2D eigenvalue weighted by Crippen LogP contribution is 2.28. The number of ether oxygens (including phenoxy) is 1. The summed E-state index contributed by atoms with van der Waals surface area (Å²) in [5.41, 5.74) is -0.399. The Morgan fingerprint density at radius 2 is 2.19 bits per heavy atom. The predicted molar refractivity (Wildman–Crippen MR) is 70.1 cm³/mol.